The normalized spacial score (nSPS) is 21.6. The molecule has 2 saturated heterocycles. The summed E-state index contributed by atoms with van der Waals surface area (Å²) in [6, 6.07) is 0.00110. The molecule has 0 aromatic carbocycles. The second-order valence-corrected chi connectivity index (χ2v) is 5.70. The number of hydrogen-bond donors (Lipinski definition) is 2. The Hall–Kier alpha value is -0.820. The Balaban J connectivity index is 0.00000242. The highest BCUT2D eigenvalue weighted by Crippen LogP contribution is 2.11. The van der Waals surface area contributed by atoms with E-state index in [0.717, 1.165) is 38.9 Å². The largest absolute Gasteiger partial charge is 0.352 e. The molecule has 2 rings (SSSR count). The fourth-order valence-electron chi connectivity index (χ4n) is 2.85. The summed E-state index contributed by atoms with van der Waals surface area (Å²) in [5.74, 6) is 0.245. The van der Waals surface area contributed by atoms with Crippen LogP contribution in [0.25, 0.3) is 0 Å². The zero-order valence-corrected chi connectivity index (χ0v) is 15.1. The van der Waals surface area contributed by atoms with Crippen LogP contribution >= 0.6 is 24.8 Å². The maximum Gasteiger partial charge on any atom is 0.239 e. The Morgan fingerprint density at radius 1 is 1.17 bits per heavy atom. The molecule has 0 radical (unpaired) electrons. The highest BCUT2D eigenvalue weighted by atomic mass is 35.5. The van der Waals surface area contributed by atoms with Gasteiger partial charge in [-0.3, -0.25) is 14.5 Å². The molecule has 2 aliphatic rings. The number of amides is 2. The minimum atomic E-state index is 0. The monoisotopic (exact) mass is 366 g/mol. The molecule has 0 spiro atoms. The van der Waals surface area contributed by atoms with Gasteiger partial charge in [-0.15, -0.1) is 31.4 Å². The number of carbonyl (C=O) groups is 2. The van der Waals surface area contributed by atoms with Crippen LogP contribution < -0.4 is 10.6 Å². The quantitative estimate of drug-likeness (QED) is 0.692. The van der Waals surface area contributed by atoms with Crippen molar-refractivity contribution in [1.29, 1.82) is 0 Å². The van der Waals surface area contributed by atoms with Gasteiger partial charge in [-0.2, -0.15) is 0 Å². The number of halogens is 2. The van der Waals surface area contributed by atoms with Crippen LogP contribution in [0.5, 0.6) is 0 Å². The lowest BCUT2D eigenvalue weighted by Gasteiger charge is -2.37. The van der Waals surface area contributed by atoms with E-state index in [9.17, 15) is 9.59 Å². The van der Waals surface area contributed by atoms with E-state index in [1.54, 1.807) is 6.08 Å². The molecular weight excluding hydrogens is 339 g/mol. The summed E-state index contributed by atoms with van der Waals surface area (Å²) >= 11 is 0. The molecule has 2 heterocycles. The predicted molar refractivity (Wildman–Crippen MR) is 96.4 cm³/mol. The van der Waals surface area contributed by atoms with Crippen LogP contribution in [0.4, 0.5) is 0 Å². The van der Waals surface area contributed by atoms with Gasteiger partial charge in [-0.05, 0) is 19.4 Å². The first-order chi connectivity index (χ1) is 10.2. The van der Waals surface area contributed by atoms with Crippen LogP contribution in [0.3, 0.4) is 0 Å². The van der Waals surface area contributed by atoms with Crippen LogP contribution in [-0.4, -0.2) is 73.5 Å². The Labute approximate surface area is 150 Å². The third-order valence-corrected chi connectivity index (χ3v) is 4.10. The molecule has 2 fully saturated rings. The molecule has 0 aromatic heterocycles. The van der Waals surface area contributed by atoms with Crippen LogP contribution in [0.15, 0.2) is 12.7 Å². The average Bonchev–Trinajstić information content (AvgIpc) is 2.54. The smallest absolute Gasteiger partial charge is 0.239 e. The van der Waals surface area contributed by atoms with E-state index in [4.69, 9.17) is 0 Å². The first-order valence-electron chi connectivity index (χ1n) is 7.83. The molecular formula is C15H28Cl2N4O2. The zero-order chi connectivity index (χ0) is 15.1. The number of hydrogen-bond acceptors (Lipinski definition) is 4. The van der Waals surface area contributed by atoms with Gasteiger partial charge >= 0.3 is 0 Å². The third kappa shape index (κ3) is 7.08. The molecule has 0 aromatic rings. The van der Waals surface area contributed by atoms with E-state index in [-0.39, 0.29) is 42.7 Å². The number of piperidine rings is 1. The second-order valence-electron chi connectivity index (χ2n) is 5.70. The molecule has 6 nitrogen and oxygen atoms in total. The SMILES string of the molecule is C=CCNC(=O)CN1CCN(C(=O)[C@H]2CCCCN2)CC1.Cl.Cl. The molecule has 0 unspecified atom stereocenters. The molecule has 134 valence electrons. The Morgan fingerprint density at radius 2 is 1.87 bits per heavy atom. The number of piperazine rings is 1. The number of nitrogens with one attached hydrogen (secondary N) is 2. The van der Waals surface area contributed by atoms with Crippen LogP contribution in [-0.2, 0) is 9.59 Å². The van der Waals surface area contributed by atoms with Gasteiger partial charge in [0.1, 0.15) is 0 Å². The standard InChI is InChI=1S/C15H26N4O2.2ClH/c1-2-6-17-14(20)12-18-8-10-19(11-9-18)15(21)13-5-3-4-7-16-13;;/h2,13,16H,1,3-12H2,(H,17,20);2*1H/t13-;;/m1../s1. The van der Waals surface area contributed by atoms with Gasteiger partial charge in [0.25, 0.3) is 0 Å². The van der Waals surface area contributed by atoms with E-state index in [2.05, 4.69) is 22.1 Å². The minimum Gasteiger partial charge on any atom is -0.352 e. The third-order valence-electron chi connectivity index (χ3n) is 4.10. The van der Waals surface area contributed by atoms with Crippen molar-refractivity contribution < 1.29 is 9.59 Å². The first kappa shape index (κ1) is 22.2. The molecule has 2 N–H and O–H groups in total. The summed E-state index contributed by atoms with van der Waals surface area (Å²) in [4.78, 5) is 28.0. The van der Waals surface area contributed by atoms with Crippen LogP contribution in [0.1, 0.15) is 19.3 Å². The molecule has 8 heteroatoms. The fraction of sp³-hybridized carbons (Fsp3) is 0.733. The first-order valence-corrected chi connectivity index (χ1v) is 7.83. The van der Waals surface area contributed by atoms with Crippen LogP contribution in [0, 0.1) is 0 Å². The molecule has 23 heavy (non-hydrogen) atoms. The Kier molecular flexibility index (Phi) is 11.3. The minimum absolute atomic E-state index is 0. The molecule has 0 saturated carbocycles. The molecule has 2 amide bonds. The lowest BCUT2D eigenvalue weighted by molar-refractivity contribution is -0.136. The Bertz CT molecular complexity index is 382. The maximum atomic E-state index is 12.4. The van der Waals surface area contributed by atoms with Gasteiger partial charge in [0, 0.05) is 32.7 Å². The van der Waals surface area contributed by atoms with Crippen molar-refractivity contribution in [1.82, 2.24) is 20.4 Å². The zero-order valence-electron chi connectivity index (χ0n) is 13.5. The van der Waals surface area contributed by atoms with E-state index in [1.165, 1.54) is 0 Å². The summed E-state index contributed by atoms with van der Waals surface area (Å²) in [6.07, 6.45) is 4.92. The molecule has 2 aliphatic heterocycles. The van der Waals surface area contributed by atoms with E-state index in [0.29, 0.717) is 26.2 Å². The Morgan fingerprint density at radius 3 is 2.43 bits per heavy atom. The molecule has 0 aliphatic carbocycles. The highest BCUT2D eigenvalue weighted by molar-refractivity contribution is 5.85. The summed E-state index contributed by atoms with van der Waals surface area (Å²) in [7, 11) is 0. The van der Waals surface area contributed by atoms with Crippen molar-refractivity contribution in [2.45, 2.75) is 25.3 Å². The summed E-state index contributed by atoms with van der Waals surface area (Å²) in [5.41, 5.74) is 0. The van der Waals surface area contributed by atoms with Crippen LogP contribution in [0.2, 0.25) is 0 Å². The van der Waals surface area contributed by atoms with Gasteiger partial charge < -0.3 is 15.5 Å². The van der Waals surface area contributed by atoms with Crippen molar-refractivity contribution in [2.24, 2.45) is 0 Å². The number of rotatable bonds is 5. The lowest BCUT2D eigenvalue weighted by atomic mass is 10.0. The predicted octanol–water partition coefficient (Wildman–Crippen LogP) is 0.419. The van der Waals surface area contributed by atoms with Crippen molar-refractivity contribution >= 4 is 36.6 Å². The lowest BCUT2D eigenvalue weighted by Crippen LogP contribution is -2.56. The van der Waals surface area contributed by atoms with Gasteiger partial charge in [0.05, 0.1) is 12.6 Å². The van der Waals surface area contributed by atoms with E-state index >= 15 is 0 Å². The topological polar surface area (TPSA) is 64.7 Å². The summed E-state index contributed by atoms with van der Waals surface area (Å²) < 4.78 is 0. The van der Waals surface area contributed by atoms with E-state index in [1.807, 2.05) is 4.90 Å². The van der Waals surface area contributed by atoms with Gasteiger partial charge in [0.2, 0.25) is 11.8 Å². The van der Waals surface area contributed by atoms with Crippen molar-refractivity contribution in [2.75, 3.05) is 45.8 Å². The average molecular weight is 367 g/mol. The van der Waals surface area contributed by atoms with Crippen molar-refractivity contribution in [3.63, 3.8) is 0 Å². The number of nitrogens with zero attached hydrogens (tertiary/aromatic N) is 2. The van der Waals surface area contributed by atoms with E-state index < -0.39 is 0 Å². The fourth-order valence-corrected chi connectivity index (χ4v) is 2.85. The van der Waals surface area contributed by atoms with Crippen molar-refractivity contribution in [3.05, 3.63) is 12.7 Å². The summed E-state index contributed by atoms with van der Waals surface area (Å²) in [5, 5.41) is 6.08. The van der Waals surface area contributed by atoms with Gasteiger partial charge in [0.15, 0.2) is 0 Å². The molecule has 1 atom stereocenters. The number of carbonyl (C=O) groups excluding carboxylic acids is 2. The second kappa shape index (κ2) is 11.7. The van der Waals surface area contributed by atoms with Gasteiger partial charge in [-0.25, -0.2) is 0 Å². The van der Waals surface area contributed by atoms with Crippen molar-refractivity contribution in [3.8, 4) is 0 Å². The highest BCUT2D eigenvalue weighted by Gasteiger charge is 2.28. The molecule has 0 bridgehead atoms. The maximum absolute atomic E-state index is 12.4. The summed E-state index contributed by atoms with van der Waals surface area (Å²) in [6.45, 7) is 8.38. The van der Waals surface area contributed by atoms with Gasteiger partial charge in [-0.1, -0.05) is 12.5 Å².